The summed E-state index contributed by atoms with van der Waals surface area (Å²) >= 11 is 0. The fourth-order valence-electron chi connectivity index (χ4n) is 3.37. The molecule has 138 valence electrons. The SMILES string of the molecule is COC(=O)CN1CCN(c2nc(-c3ccccc3)c3ccccc3n2)CC1. The summed E-state index contributed by atoms with van der Waals surface area (Å²) in [7, 11) is 1.42. The number of fused-ring (bicyclic) bond motifs is 1. The number of ether oxygens (including phenoxy) is 1. The smallest absolute Gasteiger partial charge is 0.319 e. The van der Waals surface area contributed by atoms with Gasteiger partial charge >= 0.3 is 5.97 Å². The zero-order valence-corrected chi connectivity index (χ0v) is 15.3. The van der Waals surface area contributed by atoms with E-state index in [4.69, 9.17) is 14.7 Å². The Kier molecular flexibility index (Phi) is 4.98. The lowest BCUT2D eigenvalue weighted by molar-refractivity contribution is -0.142. The van der Waals surface area contributed by atoms with Crippen LogP contribution in [-0.2, 0) is 9.53 Å². The summed E-state index contributed by atoms with van der Waals surface area (Å²) in [5, 5.41) is 1.05. The van der Waals surface area contributed by atoms with Crippen LogP contribution in [0.25, 0.3) is 22.2 Å². The number of carbonyl (C=O) groups excluding carboxylic acids is 1. The molecule has 1 fully saturated rings. The molecule has 6 heteroatoms. The quantitative estimate of drug-likeness (QED) is 0.665. The van der Waals surface area contributed by atoms with Crippen molar-refractivity contribution in [3.8, 4) is 11.3 Å². The van der Waals surface area contributed by atoms with Gasteiger partial charge in [0.2, 0.25) is 5.95 Å². The number of piperazine rings is 1. The van der Waals surface area contributed by atoms with Crippen molar-refractivity contribution in [1.29, 1.82) is 0 Å². The molecule has 6 nitrogen and oxygen atoms in total. The first-order valence-corrected chi connectivity index (χ1v) is 9.11. The first-order chi connectivity index (χ1) is 13.2. The molecule has 27 heavy (non-hydrogen) atoms. The van der Waals surface area contributed by atoms with Crippen molar-refractivity contribution >= 4 is 22.8 Å². The van der Waals surface area contributed by atoms with Crippen LogP contribution in [0, 0.1) is 0 Å². The molecule has 4 rings (SSSR count). The highest BCUT2D eigenvalue weighted by Crippen LogP contribution is 2.28. The van der Waals surface area contributed by atoms with Gasteiger partial charge in [0, 0.05) is 37.1 Å². The number of para-hydroxylation sites is 1. The number of methoxy groups -OCH3 is 1. The molecule has 0 atom stereocenters. The van der Waals surface area contributed by atoms with E-state index in [1.807, 2.05) is 36.4 Å². The van der Waals surface area contributed by atoms with Crippen LogP contribution in [0.5, 0.6) is 0 Å². The van der Waals surface area contributed by atoms with Crippen molar-refractivity contribution < 1.29 is 9.53 Å². The maximum absolute atomic E-state index is 11.5. The van der Waals surface area contributed by atoms with E-state index in [9.17, 15) is 4.79 Å². The van der Waals surface area contributed by atoms with Gasteiger partial charge < -0.3 is 9.64 Å². The summed E-state index contributed by atoms with van der Waals surface area (Å²) in [6.45, 7) is 3.46. The normalized spacial score (nSPS) is 15.1. The lowest BCUT2D eigenvalue weighted by atomic mass is 10.1. The van der Waals surface area contributed by atoms with Gasteiger partial charge in [-0.2, -0.15) is 0 Å². The Balaban J connectivity index is 1.63. The Morgan fingerprint density at radius 1 is 0.963 bits per heavy atom. The fourth-order valence-corrected chi connectivity index (χ4v) is 3.37. The van der Waals surface area contributed by atoms with E-state index in [2.05, 4.69) is 28.0 Å². The summed E-state index contributed by atoms with van der Waals surface area (Å²) in [4.78, 5) is 25.5. The second-order valence-corrected chi connectivity index (χ2v) is 6.59. The molecule has 3 aromatic rings. The second kappa shape index (κ2) is 7.72. The van der Waals surface area contributed by atoms with Crippen LogP contribution in [-0.4, -0.2) is 60.7 Å². The molecular weight excluding hydrogens is 340 g/mol. The van der Waals surface area contributed by atoms with Gasteiger partial charge in [0.25, 0.3) is 0 Å². The zero-order chi connectivity index (χ0) is 18.6. The largest absolute Gasteiger partial charge is 0.468 e. The van der Waals surface area contributed by atoms with E-state index in [1.54, 1.807) is 0 Å². The molecule has 1 aromatic heterocycles. The van der Waals surface area contributed by atoms with Crippen molar-refractivity contribution in [3.63, 3.8) is 0 Å². The predicted molar refractivity (Wildman–Crippen MR) is 106 cm³/mol. The van der Waals surface area contributed by atoms with E-state index in [1.165, 1.54) is 7.11 Å². The summed E-state index contributed by atoms with van der Waals surface area (Å²) < 4.78 is 4.76. The van der Waals surface area contributed by atoms with Crippen LogP contribution in [0.2, 0.25) is 0 Å². The van der Waals surface area contributed by atoms with Crippen molar-refractivity contribution in [1.82, 2.24) is 14.9 Å². The number of esters is 1. The van der Waals surface area contributed by atoms with Crippen LogP contribution in [0.1, 0.15) is 0 Å². The Bertz CT molecular complexity index is 937. The molecule has 2 heterocycles. The van der Waals surface area contributed by atoms with Gasteiger partial charge in [-0.05, 0) is 6.07 Å². The molecular formula is C21H22N4O2. The minimum atomic E-state index is -0.197. The van der Waals surface area contributed by atoms with Crippen molar-refractivity contribution in [2.45, 2.75) is 0 Å². The predicted octanol–water partition coefficient (Wildman–Crippen LogP) is 2.59. The zero-order valence-electron chi connectivity index (χ0n) is 15.3. The Hall–Kier alpha value is -2.99. The first kappa shape index (κ1) is 17.4. The van der Waals surface area contributed by atoms with Gasteiger partial charge in [-0.1, -0.05) is 48.5 Å². The topological polar surface area (TPSA) is 58.6 Å². The van der Waals surface area contributed by atoms with E-state index in [0.29, 0.717) is 6.54 Å². The maximum atomic E-state index is 11.5. The Morgan fingerprint density at radius 3 is 2.41 bits per heavy atom. The number of hydrogen-bond donors (Lipinski definition) is 0. The van der Waals surface area contributed by atoms with Crippen LogP contribution < -0.4 is 4.90 Å². The van der Waals surface area contributed by atoms with E-state index in [0.717, 1.165) is 54.3 Å². The highest BCUT2D eigenvalue weighted by molar-refractivity contribution is 5.93. The minimum Gasteiger partial charge on any atom is -0.468 e. The van der Waals surface area contributed by atoms with Crippen molar-refractivity contribution in [2.24, 2.45) is 0 Å². The lowest BCUT2D eigenvalue weighted by Crippen LogP contribution is -2.48. The maximum Gasteiger partial charge on any atom is 0.319 e. The third-order valence-electron chi connectivity index (χ3n) is 4.87. The molecule has 0 radical (unpaired) electrons. The van der Waals surface area contributed by atoms with E-state index < -0.39 is 0 Å². The molecule has 1 aliphatic heterocycles. The third kappa shape index (κ3) is 3.75. The molecule has 1 aliphatic rings. The molecule has 0 aliphatic carbocycles. The van der Waals surface area contributed by atoms with Gasteiger partial charge in [0.15, 0.2) is 0 Å². The average Bonchev–Trinajstić information content (AvgIpc) is 2.74. The van der Waals surface area contributed by atoms with Crippen LogP contribution in [0.3, 0.4) is 0 Å². The van der Waals surface area contributed by atoms with Crippen LogP contribution in [0.4, 0.5) is 5.95 Å². The summed E-state index contributed by atoms with van der Waals surface area (Å²) in [6, 6.07) is 18.3. The Labute approximate surface area is 158 Å². The van der Waals surface area contributed by atoms with Gasteiger partial charge in [0.1, 0.15) is 0 Å². The van der Waals surface area contributed by atoms with Gasteiger partial charge in [0.05, 0.1) is 24.9 Å². The van der Waals surface area contributed by atoms with E-state index in [-0.39, 0.29) is 5.97 Å². The number of hydrogen-bond acceptors (Lipinski definition) is 6. The molecule has 0 amide bonds. The molecule has 0 bridgehead atoms. The lowest BCUT2D eigenvalue weighted by Gasteiger charge is -2.34. The number of aromatic nitrogens is 2. The monoisotopic (exact) mass is 362 g/mol. The van der Waals surface area contributed by atoms with Crippen molar-refractivity contribution in [3.05, 3.63) is 54.6 Å². The summed E-state index contributed by atoms with van der Waals surface area (Å²) in [5.74, 6) is 0.544. The summed E-state index contributed by atoms with van der Waals surface area (Å²) in [5.41, 5.74) is 2.98. The molecule has 0 saturated carbocycles. The summed E-state index contributed by atoms with van der Waals surface area (Å²) in [6.07, 6.45) is 0. The number of rotatable bonds is 4. The highest BCUT2D eigenvalue weighted by Gasteiger charge is 2.22. The number of nitrogens with zero attached hydrogens (tertiary/aromatic N) is 4. The Morgan fingerprint density at radius 2 is 1.67 bits per heavy atom. The third-order valence-corrected chi connectivity index (χ3v) is 4.87. The van der Waals surface area contributed by atoms with Gasteiger partial charge in [-0.25, -0.2) is 9.97 Å². The number of benzene rings is 2. The molecule has 0 N–H and O–H groups in total. The number of carbonyl (C=O) groups is 1. The average molecular weight is 362 g/mol. The van der Waals surface area contributed by atoms with Gasteiger partial charge in [-0.15, -0.1) is 0 Å². The molecule has 1 saturated heterocycles. The standard InChI is InChI=1S/C21H22N4O2/c1-27-19(26)15-24-11-13-25(14-12-24)21-22-18-10-6-5-9-17(18)20(23-21)16-7-3-2-4-8-16/h2-10H,11-15H2,1H3. The number of anilines is 1. The van der Waals surface area contributed by atoms with Crippen LogP contribution >= 0.6 is 0 Å². The fraction of sp³-hybridized carbons (Fsp3) is 0.286. The van der Waals surface area contributed by atoms with Gasteiger partial charge in [-0.3, -0.25) is 9.69 Å². The van der Waals surface area contributed by atoms with E-state index >= 15 is 0 Å². The van der Waals surface area contributed by atoms with Crippen molar-refractivity contribution in [2.75, 3.05) is 44.7 Å². The minimum absolute atomic E-state index is 0.197. The second-order valence-electron chi connectivity index (χ2n) is 6.59. The molecule has 0 spiro atoms. The van der Waals surface area contributed by atoms with Crippen LogP contribution in [0.15, 0.2) is 54.6 Å². The highest BCUT2D eigenvalue weighted by atomic mass is 16.5. The first-order valence-electron chi connectivity index (χ1n) is 9.11. The molecule has 0 unspecified atom stereocenters. The molecule has 2 aromatic carbocycles.